The fraction of sp³-hybridized carbons (Fsp3) is 0.300. The van der Waals surface area contributed by atoms with Crippen molar-refractivity contribution in [1.29, 1.82) is 0 Å². The fourth-order valence-electron chi connectivity index (χ4n) is 1.33. The Bertz CT molecular complexity index is 409. The minimum atomic E-state index is -4.39. The highest BCUT2D eigenvalue weighted by Gasteiger charge is 2.31. The maximum atomic E-state index is 12.3. The Balaban J connectivity index is 2.95. The lowest BCUT2D eigenvalue weighted by atomic mass is 10.0. The number of primary amides is 1. The van der Waals surface area contributed by atoms with E-state index >= 15 is 0 Å². The van der Waals surface area contributed by atoms with Crippen molar-refractivity contribution in [3.63, 3.8) is 0 Å². The van der Waals surface area contributed by atoms with Gasteiger partial charge in [-0.3, -0.25) is 4.79 Å². The first kappa shape index (κ1) is 13.9. The average Bonchev–Trinajstić information content (AvgIpc) is 2.14. The monoisotopic (exact) mass is 264 g/mol. The normalized spacial score (nSPS) is 13.4. The topological polar surface area (TPSA) is 69.1 Å². The molecule has 4 N–H and O–H groups in total. The first-order valence-corrected chi connectivity index (χ1v) is 5.50. The second kappa shape index (κ2) is 5.42. The smallest absolute Gasteiger partial charge is 0.370 e. The largest absolute Gasteiger partial charge is 0.446 e. The third-order valence-electron chi connectivity index (χ3n) is 1.97. The zero-order valence-corrected chi connectivity index (χ0v) is 9.52. The highest BCUT2D eigenvalue weighted by Crippen LogP contribution is 2.39. The summed E-state index contributed by atoms with van der Waals surface area (Å²) >= 11 is -0.249. The molecule has 0 aromatic heterocycles. The molecule has 0 spiro atoms. The zero-order valence-electron chi connectivity index (χ0n) is 8.70. The summed E-state index contributed by atoms with van der Waals surface area (Å²) < 4.78 is 36.8. The number of hydrogen-bond donors (Lipinski definition) is 2. The molecule has 3 nitrogen and oxygen atoms in total. The van der Waals surface area contributed by atoms with Gasteiger partial charge in [-0.05, 0) is 23.4 Å². The van der Waals surface area contributed by atoms with Crippen LogP contribution >= 0.6 is 11.8 Å². The van der Waals surface area contributed by atoms with Gasteiger partial charge in [0.15, 0.2) is 0 Å². The second-order valence-corrected chi connectivity index (χ2v) is 4.47. The van der Waals surface area contributed by atoms with Crippen molar-refractivity contribution in [3.05, 3.63) is 29.8 Å². The molecular weight excluding hydrogens is 253 g/mol. The summed E-state index contributed by atoms with van der Waals surface area (Å²) in [5.41, 5.74) is 6.48. The number of carbonyl (C=O) groups excluding carboxylic acids is 1. The highest BCUT2D eigenvalue weighted by atomic mass is 32.2. The summed E-state index contributed by atoms with van der Waals surface area (Å²) in [4.78, 5) is 10.7. The van der Waals surface area contributed by atoms with Crippen LogP contribution in [0.5, 0.6) is 0 Å². The van der Waals surface area contributed by atoms with Crippen LogP contribution in [-0.4, -0.2) is 11.4 Å². The van der Waals surface area contributed by atoms with Crippen molar-refractivity contribution < 1.29 is 18.0 Å². The molecular formula is C10H11F3N2OS. The van der Waals surface area contributed by atoms with Gasteiger partial charge in [-0.25, -0.2) is 0 Å². The van der Waals surface area contributed by atoms with E-state index in [-0.39, 0.29) is 28.6 Å². The van der Waals surface area contributed by atoms with E-state index in [1.165, 1.54) is 18.2 Å². The SMILES string of the molecule is NC(=O)CC(N)c1ccccc1SC(F)(F)F. The standard InChI is InChI=1S/C10H11F3N2OS/c11-10(12,13)17-8-4-2-1-3-6(8)7(14)5-9(15)16/h1-4,7H,5,14H2,(H2,15,16). The molecule has 0 saturated heterocycles. The summed E-state index contributed by atoms with van der Waals surface area (Å²) in [6, 6.07) is 5.00. The van der Waals surface area contributed by atoms with E-state index in [1.807, 2.05) is 0 Å². The Morgan fingerprint density at radius 3 is 2.47 bits per heavy atom. The van der Waals surface area contributed by atoms with Crippen LogP contribution in [0, 0.1) is 0 Å². The van der Waals surface area contributed by atoms with Crippen LogP contribution in [0.3, 0.4) is 0 Å². The minimum Gasteiger partial charge on any atom is -0.370 e. The molecule has 1 unspecified atom stereocenters. The van der Waals surface area contributed by atoms with Gasteiger partial charge in [-0.15, -0.1) is 0 Å². The average molecular weight is 264 g/mol. The number of halogens is 3. The fourth-order valence-corrected chi connectivity index (χ4v) is 2.06. The molecule has 0 fully saturated rings. The van der Waals surface area contributed by atoms with Crippen LogP contribution in [0.15, 0.2) is 29.2 Å². The van der Waals surface area contributed by atoms with Crippen LogP contribution in [0.2, 0.25) is 0 Å². The molecule has 0 saturated carbocycles. The third-order valence-corrected chi connectivity index (χ3v) is 2.79. The predicted octanol–water partition coefficient (Wildman–Crippen LogP) is 2.17. The highest BCUT2D eigenvalue weighted by molar-refractivity contribution is 8.00. The molecule has 0 aliphatic heterocycles. The Kier molecular flexibility index (Phi) is 4.41. The number of benzene rings is 1. The van der Waals surface area contributed by atoms with Gasteiger partial charge >= 0.3 is 5.51 Å². The Hall–Kier alpha value is -1.21. The molecule has 7 heteroatoms. The predicted molar refractivity (Wildman–Crippen MR) is 59.1 cm³/mol. The van der Waals surface area contributed by atoms with Crippen LogP contribution < -0.4 is 11.5 Å². The number of thioether (sulfide) groups is 1. The lowest BCUT2D eigenvalue weighted by Crippen LogP contribution is -2.21. The van der Waals surface area contributed by atoms with Crippen molar-refractivity contribution in [2.45, 2.75) is 22.9 Å². The van der Waals surface area contributed by atoms with Gasteiger partial charge in [0.2, 0.25) is 5.91 Å². The van der Waals surface area contributed by atoms with Crippen LogP contribution in [0.4, 0.5) is 13.2 Å². The number of amides is 1. The van der Waals surface area contributed by atoms with Gasteiger partial charge < -0.3 is 11.5 Å². The molecule has 1 rings (SSSR count). The summed E-state index contributed by atoms with van der Waals surface area (Å²) in [7, 11) is 0. The summed E-state index contributed by atoms with van der Waals surface area (Å²) in [6.45, 7) is 0. The van der Waals surface area contributed by atoms with Gasteiger partial charge in [-0.1, -0.05) is 18.2 Å². The van der Waals surface area contributed by atoms with E-state index in [9.17, 15) is 18.0 Å². The van der Waals surface area contributed by atoms with E-state index in [1.54, 1.807) is 6.07 Å². The third kappa shape index (κ3) is 4.66. The molecule has 17 heavy (non-hydrogen) atoms. The van der Waals surface area contributed by atoms with Gasteiger partial charge in [0.05, 0.1) is 0 Å². The Morgan fingerprint density at radius 1 is 1.35 bits per heavy atom. The van der Waals surface area contributed by atoms with Gasteiger partial charge in [0.1, 0.15) is 0 Å². The molecule has 0 heterocycles. The summed E-state index contributed by atoms with van der Waals surface area (Å²) in [5, 5.41) is 0. The van der Waals surface area contributed by atoms with E-state index in [0.29, 0.717) is 0 Å². The lowest BCUT2D eigenvalue weighted by molar-refractivity contribution is -0.118. The molecule has 0 radical (unpaired) electrons. The van der Waals surface area contributed by atoms with Crippen LogP contribution in [0.1, 0.15) is 18.0 Å². The molecule has 1 amide bonds. The first-order chi connectivity index (χ1) is 7.79. The number of nitrogens with two attached hydrogens (primary N) is 2. The Labute approximate surface area is 100 Å². The van der Waals surface area contributed by atoms with Crippen molar-refractivity contribution >= 4 is 17.7 Å². The zero-order chi connectivity index (χ0) is 13.1. The van der Waals surface area contributed by atoms with Crippen molar-refractivity contribution in [3.8, 4) is 0 Å². The van der Waals surface area contributed by atoms with Crippen molar-refractivity contribution in [2.24, 2.45) is 11.5 Å². The molecule has 0 aliphatic rings. The van der Waals surface area contributed by atoms with Crippen LogP contribution in [0.25, 0.3) is 0 Å². The first-order valence-electron chi connectivity index (χ1n) is 4.68. The molecule has 94 valence electrons. The number of rotatable bonds is 4. The molecule has 1 atom stereocenters. The second-order valence-electron chi connectivity index (χ2n) is 3.36. The van der Waals surface area contributed by atoms with E-state index < -0.39 is 17.5 Å². The summed E-state index contributed by atoms with van der Waals surface area (Å²) in [5.74, 6) is -0.649. The quantitative estimate of drug-likeness (QED) is 0.819. The van der Waals surface area contributed by atoms with E-state index in [4.69, 9.17) is 11.5 Å². The molecule has 1 aromatic carbocycles. The van der Waals surface area contributed by atoms with Gasteiger partial charge in [0, 0.05) is 17.4 Å². The molecule has 0 aliphatic carbocycles. The number of alkyl halides is 3. The summed E-state index contributed by atoms with van der Waals surface area (Å²) in [6.07, 6.45) is -0.185. The van der Waals surface area contributed by atoms with Crippen molar-refractivity contribution in [2.75, 3.05) is 0 Å². The number of carbonyl (C=O) groups is 1. The number of hydrogen-bond acceptors (Lipinski definition) is 3. The van der Waals surface area contributed by atoms with Gasteiger partial charge in [0.25, 0.3) is 0 Å². The lowest BCUT2D eigenvalue weighted by Gasteiger charge is -2.15. The maximum absolute atomic E-state index is 12.3. The molecule has 1 aromatic rings. The van der Waals surface area contributed by atoms with Crippen LogP contribution in [-0.2, 0) is 4.79 Å². The van der Waals surface area contributed by atoms with Crippen molar-refractivity contribution in [1.82, 2.24) is 0 Å². The van der Waals surface area contributed by atoms with E-state index in [2.05, 4.69) is 0 Å². The minimum absolute atomic E-state index is 0.00579. The van der Waals surface area contributed by atoms with Gasteiger partial charge in [-0.2, -0.15) is 13.2 Å². The van der Waals surface area contributed by atoms with E-state index in [0.717, 1.165) is 0 Å². The maximum Gasteiger partial charge on any atom is 0.446 e. The molecule has 0 bridgehead atoms. The Morgan fingerprint density at radius 2 is 1.94 bits per heavy atom.